The quantitative estimate of drug-likeness (QED) is 0.787. The molecule has 1 saturated heterocycles. The molecule has 1 unspecified atom stereocenters. The zero-order chi connectivity index (χ0) is 17.3. The second-order valence-corrected chi connectivity index (χ2v) is 5.35. The smallest absolute Gasteiger partial charge is 0.305 e. The average Bonchev–Trinajstić information content (AvgIpc) is 2.88. The Morgan fingerprint density at radius 1 is 1.23 bits per heavy atom. The summed E-state index contributed by atoms with van der Waals surface area (Å²) in [6.45, 7) is 8.15. The van der Waals surface area contributed by atoms with Crippen molar-refractivity contribution >= 4 is 0 Å². The van der Waals surface area contributed by atoms with Gasteiger partial charge in [-0.15, -0.1) is 0 Å². The summed E-state index contributed by atoms with van der Waals surface area (Å²) in [5.41, 5.74) is -0.124. The molecule has 1 atom stereocenters. The number of nitrogens with zero attached hydrogens (tertiary/aromatic N) is 3. The molecule has 2 rings (SSSR count). The van der Waals surface area contributed by atoms with Crippen LogP contribution in [0, 0.1) is 6.92 Å². The molecule has 0 radical (unpaired) electrons. The maximum absolute atomic E-state index is 11.9. The molecule has 0 spiro atoms. The van der Waals surface area contributed by atoms with E-state index in [2.05, 4.69) is 35.9 Å². The number of likely N-dealkylation sites (tertiary alicyclic amines) is 1. The van der Waals surface area contributed by atoms with E-state index in [0.29, 0.717) is 5.69 Å². The fourth-order valence-electron chi connectivity index (χ4n) is 1.97. The van der Waals surface area contributed by atoms with Crippen molar-refractivity contribution in [3.05, 3.63) is 29.6 Å². The van der Waals surface area contributed by atoms with Crippen molar-refractivity contribution in [2.75, 3.05) is 34.2 Å². The summed E-state index contributed by atoms with van der Waals surface area (Å²) in [4.78, 5) is 8.21. The van der Waals surface area contributed by atoms with Crippen LogP contribution in [0.15, 0.2) is 18.3 Å². The maximum Gasteiger partial charge on any atom is 0.417 e. The van der Waals surface area contributed by atoms with Crippen molar-refractivity contribution in [3.63, 3.8) is 0 Å². The van der Waals surface area contributed by atoms with Gasteiger partial charge >= 0.3 is 6.18 Å². The summed E-state index contributed by atoms with van der Waals surface area (Å²) in [6, 6.07) is 3.15. The lowest BCUT2D eigenvalue weighted by Crippen LogP contribution is -2.30. The van der Waals surface area contributed by atoms with Gasteiger partial charge in [-0.2, -0.15) is 13.2 Å². The molecule has 1 aromatic rings. The Kier molecular flexibility index (Phi) is 9.28. The molecule has 1 aliphatic heterocycles. The Morgan fingerprint density at radius 3 is 2.09 bits per heavy atom. The van der Waals surface area contributed by atoms with E-state index in [-0.39, 0.29) is 0 Å². The summed E-state index contributed by atoms with van der Waals surface area (Å²) in [7, 11) is 6.50. The minimum Gasteiger partial charge on any atom is -0.305 e. The van der Waals surface area contributed by atoms with E-state index < -0.39 is 11.7 Å². The Bertz CT molecular complexity index is 402. The zero-order valence-electron chi connectivity index (χ0n) is 14.4. The van der Waals surface area contributed by atoms with E-state index in [1.807, 2.05) is 13.8 Å². The van der Waals surface area contributed by atoms with Crippen LogP contribution in [0.4, 0.5) is 13.2 Å². The Balaban J connectivity index is 0.000000366. The highest BCUT2D eigenvalue weighted by molar-refractivity contribution is 5.15. The summed E-state index contributed by atoms with van der Waals surface area (Å²) >= 11 is 0. The highest BCUT2D eigenvalue weighted by Crippen LogP contribution is 2.28. The Hall–Kier alpha value is -1.14. The molecule has 6 heteroatoms. The summed E-state index contributed by atoms with van der Waals surface area (Å²) in [5.74, 6) is 0. The predicted octanol–water partition coefficient (Wildman–Crippen LogP) is 3.69. The summed E-state index contributed by atoms with van der Waals surface area (Å²) in [6.07, 6.45) is -2.11. The number of likely N-dealkylation sites (N-methyl/N-ethyl adjacent to an activating group) is 2. The second kappa shape index (κ2) is 9.79. The number of rotatable bonds is 1. The van der Waals surface area contributed by atoms with E-state index in [1.165, 1.54) is 25.6 Å². The number of aromatic nitrogens is 1. The molecule has 0 aromatic carbocycles. The molecule has 2 heterocycles. The standard InChI is InChI=1S/C7H6F3N.C7H16N2.C2H6/c1-5-2-3-6(4-11-5)7(8,9)10;1-8(2)7-4-5-9(3)6-7;1-2/h2-4H,1H3;7H,4-6H2,1-3H3;1-2H3. The van der Waals surface area contributed by atoms with Gasteiger partial charge in [-0.1, -0.05) is 13.8 Å². The van der Waals surface area contributed by atoms with Crippen LogP contribution in [0.5, 0.6) is 0 Å². The van der Waals surface area contributed by atoms with E-state index in [0.717, 1.165) is 18.3 Å². The normalized spacial score (nSPS) is 18.4. The first-order valence-corrected chi connectivity index (χ1v) is 7.55. The number of hydrogen-bond donors (Lipinski definition) is 0. The lowest BCUT2D eigenvalue weighted by molar-refractivity contribution is -0.137. The van der Waals surface area contributed by atoms with Crippen molar-refractivity contribution in [2.45, 2.75) is 39.4 Å². The minimum absolute atomic E-state index is 0.581. The van der Waals surface area contributed by atoms with Crippen molar-refractivity contribution < 1.29 is 13.2 Å². The monoisotopic (exact) mass is 319 g/mol. The van der Waals surface area contributed by atoms with E-state index in [1.54, 1.807) is 6.92 Å². The van der Waals surface area contributed by atoms with Gasteiger partial charge in [0.15, 0.2) is 0 Å². The molecule has 22 heavy (non-hydrogen) atoms. The van der Waals surface area contributed by atoms with Crippen LogP contribution in [0.1, 0.15) is 31.5 Å². The van der Waals surface area contributed by atoms with Crippen molar-refractivity contribution in [2.24, 2.45) is 0 Å². The fourth-order valence-corrected chi connectivity index (χ4v) is 1.97. The van der Waals surface area contributed by atoms with Gasteiger partial charge in [0.25, 0.3) is 0 Å². The molecule has 1 fully saturated rings. The highest BCUT2D eigenvalue weighted by Gasteiger charge is 2.30. The van der Waals surface area contributed by atoms with E-state index in [4.69, 9.17) is 0 Å². The van der Waals surface area contributed by atoms with Gasteiger partial charge in [-0.05, 0) is 53.2 Å². The Morgan fingerprint density at radius 2 is 1.82 bits per heavy atom. The summed E-state index contributed by atoms with van der Waals surface area (Å²) in [5, 5.41) is 0. The largest absolute Gasteiger partial charge is 0.417 e. The van der Waals surface area contributed by atoms with Crippen LogP contribution >= 0.6 is 0 Å². The molecule has 3 nitrogen and oxygen atoms in total. The molecule has 128 valence electrons. The fraction of sp³-hybridized carbons (Fsp3) is 0.688. The topological polar surface area (TPSA) is 19.4 Å². The molecule has 0 bridgehead atoms. The number of hydrogen-bond acceptors (Lipinski definition) is 3. The molecule has 1 aromatic heterocycles. The van der Waals surface area contributed by atoms with Crippen LogP contribution in [0.3, 0.4) is 0 Å². The zero-order valence-corrected chi connectivity index (χ0v) is 14.4. The lowest BCUT2D eigenvalue weighted by atomic mass is 10.2. The maximum atomic E-state index is 11.9. The van der Waals surface area contributed by atoms with E-state index in [9.17, 15) is 13.2 Å². The van der Waals surface area contributed by atoms with Crippen LogP contribution in [0.25, 0.3) is 0 Å². The first-order valence-electron chi connectivity index (χ1n) is 7.55. The van der Waals surface area contributed by atoms with Crippen molar-refractivity contribution in [1.29, 1.82) is 0 Å². The minimum atomic E-state index is -4.28. The SMILES string of the molecule is CC.CN1CCC(N(C)C)C1.Cc1ccc(C(F)(F)F)cn1. The first kappa shape index (κ1) is 20.9. The van der Waals surface area contributed by atoms with Crippen molar-refractivity contribution in [3.8, 4) is 0 Å². The van der Waals surface area contributed by atoms with Gasteiger partial charge in [0.1, 0.15) is 0 Å². The van der Waals surface area contributed by atoms with Gasteiger partial charge in [0.2, 0.25) is 0 Å². The van der Waals surface area contributed by atoms with E-state index >= 15 is 0 Å². The lowest BCUT2D eigenvalue weighted by Gasteiger charge is -2.17. The van der Waals surface area contributed by atoms with Crippen molar-refractivity contribution in [1.82, 2.24) is 14.8 Å². The van der Waals surface area contributed by atoms with Crippen LogP contribution < -0.4 is 0 Å². The number of halogens is 3. The second-order valence-electron chi connectivity index (χ2n) is 5.35. The average molecular weight is 319 g/mol. The Labute approximate surface area is 132 Å². The van der Waals surface area contributed by atoms with Gasteiger partial charge in [-0.25, -0.2) is 0 Å². The third-order valence-electron chi connectivity index (χ3n) is 3.34. The molecular weight excluding hydrogens is 291 g/mol. The molecule has 0 N–H and O–H groups in total. The molecular formula is C16H28F3N3. The third-order valence-corrected chi connectivity index (χ3v) is 3.34. The van der Waals surface area contributed by atoms with Gasteiger partial charge in [0, 0.05) is 24.5 Å². The molecule has 0 aliphatic carbocycles. The van der Waals surface area contributed by atoms with Crippen LogP contribution in [-0.2, 0) is 6.18 Å². The molecule has 1 aliphatic rings. The van der Waals surface area contributed by atoms with Crippen LogP contribution in [0.2, 0.25) is 0 Å². The van der Waals surface area contributed by atoms with Gasteiger partial charge in [-0.3, -0.25) is 4.98 Å². The molecule has 0 amide bonds. The highest BCUT2D eigenvalue weighted by atomic mass is 19.4. The van der Waals surface area contributed by atoms with Gasteiger partial charge < -0.3 is 9.80 Å². The van der Waals surface area contributed by atoms with Crippen LogP contribution in [-0.4, -0.2) is 55.1 Å². The molecule has 0 saturated carbocycles. The first-order chi connectivity index (χ1) is 10.2. The number of pyridine rings is 1. The number of aryl methyl sites for hydroxylation is 1. The number of alkyl halides is 3. The summed E-state index contributed by atoms with van der Waals surface area (Å²) < 4.78 is 35.6. The third kappa shape index (κ3) is 7.75. The van der Waals surface area contributed by atoms with Gasteiger partial charge in [0.05, 0.1) is 5.56 Å². The predicted molar refractivity (Wildman–Crippen MR) is 84.9 cm³/mol.